The van der Waals surface area contributed by atoms with E-state index in [1.165, 1.54) is 25.3 Å². The summed E-state index contributed by atoms with van der Waals surface area (Å²) in [5, 5.41) is 3.52. The van der Waals surface area contributed by atoms with Gasteiger partial charge in [0.1, 0.15) is 5.82 Å². The molecule has 0 saturated carbocycles. The Morgan fingerprint density at radius 1 is 1.24 bits per heavy atom. The van der Waals surface area contributed by atoms with Gasteiger partial charge in [0.2, 0.25) is 0 Å². The standard InChI is InChI=1S/C16H15ClFNO2/c1-21-16(20)8-11-4-2-3-5-12(11)10-19-15-9-13(18)6-7-14(15)17/h2-7,9,19H,8,10H2,1H3. The second kappa shape index (κ2) is 7.09. The van der Waals surface area contributed by atoms with Crippen LogP contribution < -0.4 is 5.32 Å². The molecule has 0 atom stereocenters. The van der Waals surface area contributed by atoms with Crippen LogP contribution in [-0.4, -0.2) is 13.1 Å². The number of carbonyl (C=O) groups is 1. The fourth-order valence-electron chi connectivity index (χ4n) is 1.95. The van der Waals surface area contributed by atoms with Crippen LogP contribution in [0.1, 0.15) is 11.1 Å². The highest BCUT2D eigenvalue weighted by atomic mass is 35.5. The Hall–Kier alpha value is -2.07. The van der Waals surface area contributed by atoms with Crippen LogP contribution in [0.15, 0.2) is 42.5 Å². The molecule has 0 unspecified atom stereocenters. The van der Waals surface area contributed by atoms with E-state index < -0.39 is 0 Å². The van der Waals surface area contributed by atoms with Gasteiger partial charge < -0.3 is 10.1 Å². The fourth-order valence-corrected chi connectivity index (χ4v) is 2.14. The molecule has 0 spiro atoms. The van der Waals surface area contributed by atoms with Crippen molar-refractivity contribution in [1.82, 2.24) is 0 Å². The van der Waals surface area contributed by atoms with Crippen molar-refractivity contribution < 1.29 is 13.9 Å². The monoisotopic (exact) mass is 307 g/mol. The lowest BCUT2D eigenvalue weighted by molar-refractivity contribution is -0.139. The lowest BCUT2D eigenvalue weighted by Crippen LogP contribution is -2.09. The number of halogens is 2. The van der Waals surface area contributed by atoms with E-state index in [9.17, 15) is 9.18 Å². The van der Waals surface area contributed by atoms with Crippen molar-refractivity contribution in [3.8, 4) is 0 Å². The predicted molar refractivity (Wildman–Crippen MR) is 80.9 cm³/mol. The summed E-state index contributed by atoms with van der Waals surface area (Å²) in [6.07, 6.45) is 0.200. The van der Waals surface area contributed by atoms with Gasteiger partial charge in [-0.1, -0.05) is 35.9 Å². The van der Waals surface area contributed by atoms with Crippen LogP contribution in [-0.2, 0) is 22.5 Å². The normalized spacial score (nSPS) is 10.2. The molecule has 2 rings (SSSR count). The maximum Gasteiger partial charge on any atom is 0.309 e. The first-order chi connectivity index (χ1) is 10.1. The zero-order valence-corrected chi connectivity index (χ0v) is 12.3. The molecule has 0 heterocycles. The summed E-state index contributed by atoms with van der Waals surface area (Å²) >= 11 is 6.01. The van der Waals surface area contributed by atoms with Crippen LogP contribution in [0.4, 0.5) is 10.1 Å². The summed E-state index contributed by atoms with van der Waals surface area (Å²) in [6, 6.07) is 11.6. The van der Waals surface area contributed by atoms with Gasteiger partial charge >= 0.3 is 5.97 Å². The zero-order valence-electron chi connectivity index (χ0n) is 11.5. The molecule has 0 amide bonds. The number of ether oxygens (including phenoxy) is 1. The average Bonchev–Trinajstić information content (AvgIpc) is 2.49. The Kier molecular flexibility index (Phi) is 5.17. The molecule has 5 heteroatoms. The lowest BCUT2D eigenvalue weighted by atomic mass is 10.0. The molecule has 110 valence electrons. The van der Waals surface area contributed by atoms with E-state index in [0.717, 1.165) is 11.1 Å². The molecule has 0 radical (unpaired) electrons. The Balaban J connectivity index is 2.13. The molecule has 3 nitrogen and oxygen atoms in total. The molecule has 0 saturated heterocycles. The summed E-state index contributed by atoms with van der Waals surface area (Å²) in [6.45, 7) is 0.441. The maximum absolute atomic E-state index is 13.2. The highest BCUT2D eigenvalue weighted by molar-refractivity contribution is 6.33. The fraction of sp³-hybridized carbons (Fsp3) is 0.188. The second-order valence-corrected chi connectivity index (χ2v) is 4.91. The topological polar surface area (TPSA) is 38.3 Å². The van der Waals surface area contributed by atoms with Gasteiger partial charge in [0, 0.05) is 6.54 Å². The van der Waals surface area contributed by atoms with Crippen molar-refractivity contribution in [2.24, 2.45) is 0 Å². The number of rotatable bonds is 5. The molecule has 0 aromatic heterocycles. The van der Waals surface area contributed by atoms with Gasteiger partial charge in [0.25, 0.3) is 0 Å². The van der Waals surface area contributed by atoms with E-state index in [4.69, 9.17) is 11.6 Å². The Morgan fingerprint density at radius 3 is 2.67 bits per heavy atom. The number of carbonyl (C=O) groups excluding carboxylic acids is 1. The SMILES string of the molecule is COC(=O)Cc1ccccc1CNc1cc(F)ccc1Cl. The molecule has 0 bridgehead atoms. The molecule has 0 aliphatic heterocycles. The van der Waals surface area contributed by atoms with Crippen molar-refractivity contribution in [2.45, 2.75) is 13.0 Å². The third-order valence-corrected chi connectivity index (χ3v) is 3.41. The van der Waals surface area contributed by atoms with Gasteiger partial charge in [-0.3, -0.25) is 4.79 Å². The van der Waals surface area contributed by atoms with Gasteiger partial charge in [-0.25, -0.2) is 4.39 Å². The van der Waals surface area contributed by atoms with Crippen molar-refractivity contribution in [3.05, 3.63) is 64.4 Å². The molecular weight excluding hydrogens is 293 g/mol. The predicted octanol–water partition coefficient (Wildman–Crippen LogP) is 3.81. The van der Waals surface area contributed by atoms with Gasteiger partial charge in [-0.05, 0) is 29.3 Å². The van der Waals surface area contributed by atoms with E-state index in [1.54, 1.807) is 0 Å². The number of esters is 1. The number of hydrogen-bond donors (Lipinski definition) is 1. The third kappa shape index (κ3) is 4.20. The van der Waals surface area contributed by atoms with Gasteiger partial charge in [-0.15, -0.1) is 0 Å². The molecule has 2 aromatic carbocycles. The van der Waals surface area contributed by atoms with E-state index in [-0.39, 0.29) is 18.2 Å². The Labute approximate surface area is 127 Å². The molecular formula is C16H15ClFNO2. The number of methoxy groups -OCH3 is 1. The smallest absolute Gasteiger partial charge is 0.309 e. The minimum Gasteiger partial charge on any atom is -0.469 e. The van der Waals surface area contributed by atoms with Gasteiger partial charge in [0.15, 0.2) is 0 Å². The summed E-state index contributed by atoms with van der Waals surface area (Å²) in [4.78, 5) is 11.4. The van der Waals surface area contributed by atoms with Gasteiger partial charge in [0.05, 0.1) is 24.2 Å². The lowest BCUT2D eigenvalue weighted by Gasteiger charge is -2.12. The highest BCUT2D eigenvalue weighted by Crippen LogP contribution is 2.23. The first-order valence-electron chi connectivity index (χ1n) is 6.42. The second-order valence-electron chi connectivity index (χ2n) is 4.50. The largest absolute Gasteiger partial charge is 0.469 e. The van der Waals surface area contributed by atoms with Crippen LogP contribution in [0.2, 0.25) is 5.02 Å². The van der Waals surface area contributed by atoms with Crippen molar-refractivity contribution in [2.75, 3.05) is 12.4 Å². The number of anilines is 1. The number of benzene rings is 2. The van der Waals surface area contributed by atoms with Gasteiger partial charge in [-0.2, -0.15) is 0 Å². The van der Waals surface area contributed by atoms with Crippen LogP contribution in [0, 0.1) is 5.82 Å². The first-order valence-corrected chi connectivity index (χ1v) is 6.80. The highest BCUT2D eigenvalue weighted by Gasteiger charge is 2.08. The minimum absolute atomic E-state index is 0.200. The van der Waals surface area contributed by atoms with Crippen LogP contribution in [0.3, 0.4) is 0 Å². The summed E-state index contributed by atoms with van der Waals surface area (Å²) in [7, 11) is 1.36. The maximum atomic E-state index is 13.2. The molecule has 2 aromatic rings. The van der Waals surface area contributed by atoms with Crippen molar-refractivity contribution in [3.63, 3.8) is 0 Å². The Morgan fingerprint density at radius 2 is 1.95 bits per heavy atom. The van der Waals surface area contributed by atoms with Crippen molar-refractivity contribution in [1.29, 1.82) is 0 Å². The first kappa shape index (κ1) is 15.3. The zero-order chi connectivity index (χ0) is 15.2. The van der Waals surface area contributed by atoms with Crippen LogP contribution in [0.25, 0.3) is 0 Å². The molecule has 21 heavy (non-hydrogen) atoms. The summed E-state index contributed by atoms with van der Waals surface area (Å²) in [5.74, 6) is -0.656. The summed E-state index contributed by atoms with van der Waals surface area (Å²) in [5.41, 5.74) is 2.32. The van der Waals surface area contributed by atoms with E-state index >= 15 is 0 Å². The minimum atomic E-state index is -0.357. The van der Waals surface area contributed by atoms with E-state index in [1.807, 2.05) is 24.3 Å². The third-order valence-electron chi connectivity index (χ3n) is 3.08. The van der Waals surface area contributed by atoms with E-state index in [2.05, 4.69) is 10.1 Å². The average molecular weight is 308 g/mol. The molecule has 0 fully saturated rings. The van der Waals surface area contributed by atoms with E-state index in [0.29, 0.717) is 17.3 Å². The van der Waals surface area contributed by atoms with Crippen molar-refractivity contribution >= 4 is 23.3 Å². The van der Waals surface area contributed by atoms with Crippen LogP contribution in [0.5, 0.6) is 0 Å². The Bertz CT molecular complexity index is 646. The quantitative estimate of drug-likeness (QED) is 0.854. The number of hydrogen-bond acceptors (Lipinski definition) is 3. The summed E-state index contributed by atoms with van der Waals surface area (Å²) < 4.78 is 17.9. The molecule has 1 N–H and O–H groups in total. The number of nitrogens with one attached hydrogen (secondary N) is 1. The van der Waals surface area contributed by atoms with Crippen LogP contribution >= 0.6 is 11.6 Å². The molecule has 0 aliphatic carbocycles. The molecule has 0 aliphatic rings.